The molecule has 1 atom stereocenters. The third-order valence-electron chi connectivity index (χ3n) is 3.16. The lowest BCUT2D eigenvalue weighted by atomic mass is 10.0. The fourth-order valence-electron chi connectivity index (χ4n) is 2.34. The number of hydrogen-bond acceptors (Lipinski definition) is 3. The van der Waals surface area contributed by atoms with Crippen LogP contribution in [0.25, 0.3) is 0 Å². The minimum atomic E-state index is -0.209. The third-order valence-corrected chi connectivity index (χ3v) is 3.16. The van der Waals surface area contributed by atoms with Gasteiger partial charge in [-0.3, -0.25) is 4.98 Å². The lowest BCUT2D eigenvalue weighted by molar-refractivity contribution is 0.616. The fourth-order valence-corrected chi connectivity index (χ4v) is 2.34. The number of para-hydroxylation sites is 1. The van der Waals surface area contributed by atoms with Crippen LogP contribution in [0.15, 0.2) is 42.7 Å². The summed E-state index contributed by atoms with van der Waals surface area (Å²) in [5, 5.41) is 0. The van der Waals surface area contributed by atoms with Gasteiger partial charge in [-0.1, -0.05) is 12.1 Å². The highest BCUT2D eigenvalue weighted by Gasteiger charge is 2.14. The zero-order valence-electron chi connectivity index (χ0n) is 11.9. The fraction of sp³-hybridized carbons (Fsp3) is 0.312. The van der Waals surface area contributed by atoms with Crippen LogP contribution in [0.4, 0.5) is 10.1 Å². The molecule has 0 spiro atoms. The lowest BCUT2D eigenvalue weighted by Gasteiger charge is -2.24. The highest BCUT2D eigenvalue weighted by atomic mass is 19.1. The van der Waals surface area contributed by atoms with Gasteiger partial charge in [-0.25, -0.2) is 4.39 Å². The summed E-state index contributed by atoms with van der Waals surface area (Å²) in [7, 11) is 1.89. The second-order valence-corrected chi connectivity index (χ2v) is 5.14. The molecule has 0 aliphatic rings. The van der Waals surface area contributed by atoms with Gasteiger partial charge in [0.05, 0.1) is 5.69 Å². The molecule has 0 fully saturated rings. The van der Waals surface area contributed by atoms with Crippen molar-refractivity contribution in [1.82, 2.24) is 4.98 Å². The molecule has 0 aliphatic carbocycles. The van der Waals surface area contributed by atoms with Crippen LogP contribution in [0.1, 0.15) is 18.1 Å². The summed E-state index contributed by atoms with van der Waals surface area (Å²) in [6, 6.07) is 9.03. The molecule has 1 aromatic heterocycles. The van der Waals surface area contributed by atoms with Gasteiger partial charge in [0.2, 0.25) is 0 Å². The van der Waals surface area contributed by atoms with E-state index in [0.29, 0.717) is 18.7 Å². The SMILES string of the molecule is CC(N)Cc1cccc(F)c1N(C)Cc1ccncc1. The Balaban J connectivity index is 2.26. The van der Waals surface area contributed by atoms with Crippen molar-refractivity contribution in [2.24, 2.45) is 5.73 Å². The summed E-state index contributed by atoms with van der Waals surface area (Å²) in [6.45, 7) is 2.56. The van der Waals surface area contributed by atoms with Crippen LogP contribution in [0.5, 0.6) is 0 Å². The molecule has 2 N–H and O–H groups in total. The topological polar surface area (TPSA) is 42.1 Å². The van der Waals surface area contributed by atoms with E-state index in [1.807, 2.05) is 37.1 Å². The number of nitrogens with zero attached hydrogens (tertiary/aromatic N) is 2. The second-order valence-electron chi connectivity index (χ2n) is 5.14. The molecular weight excluding hydrogens is 253 g/mol. The van der Waals surface area contributed by atoms with Gasteiger partial charge in [0.1, 0.15) is 5.82 Å². The van der Waals surface area contributed by atoms with E-state index in [-0.39, 0.29) is 11.9 Å². The van der Waals surface area contributed by atoms with Gasteiger partial charge in [0, 0.05) is 32.0 Å². The van der Waals surface area contributed by atoms with Crippen LogP contribution in [0, 0.1) is 5.82 Å². The van der Waals surface area contributed by atoms with Crippen LogP contribution in [0.2, 0.25) is 0 Å². The Bertz CT molecular complexity index is 555. The van der Waals surface area contributed by atoms with Gasteiger partial charge in [0.25, 0.3) is 0 Å². The average Bonchev–Trinajstić information content (AvgIpc) is 2.39. The quantitative estimate of drug-likeness (QED) is 0.911. The van der Waals surface area contributed by atoms with Crippen LogP contribution >= 0.6 is 0 Å². The number of hydrogen-bond donors (Lipinski definition) is 1. The molecule has 0 saturated carbocycles. The van der Waals surface area contributed by atoms with Crippen LogP contribution in [0.3, 0.4) is 0 Å². The van der Waals surface area contributed by atoms with Crippen molar-refractivity contribution in [2.45, 2.75) is 25.9 Å². The summed E-state index contributed by atoms with van der Waals surface area (Å²) >= 11 is 0. The number of benzene rings is 1. The lowest BCUT2D eigenvalue weighted by Crippen LogP contribution is -2.23. The Morgan fingerprint density at radius 3 is 2.60 bits per heavy atom. The van der Waals surface area contributed by atoms with Gasteiger partial charge >= 0.3 is 0 Å². The summed E-state index contributed by atoms with van der Waals surface area (Å²) in [5.74, 6) is -0.209. The maximum absolute atomic E-state index is 14.2. The van der Waals surface area contributed by atoms with E-state index >= 15 is 0 Å². The molecule has 0 saturated heterocycles. The van der Waals surface area contributed by atoms with Crippen LogP contribution in [-0.2, 0) is 13.0 Å². The van der Waals surface area contributed by atoms with Gasteiger partial charge in [-0.05, 0) is 42.7 Å². The maximum Gasteiger partial charge on any atom is 0.146 e. The van der Waals surface area contributed by atoms with Gasteiger partial charge < -0.3 is 10.6 Å². The first-order valence-corrected chi connectivity index (χ1v) is 6.71. The van der Waals surface area contributed by atoms with Crippen LogP contribution in [-0.4, -0.2) is 18.1 Å². The molecule has 1 heterocycles. The minimum Gasteiger partial charge on any atom is -0.368 e. The predicted molar refractivity (Wildman–Crippen MR) is 80.1 cm³/mol. The summed E-state index contributed by atoms with van der Waals surface area (Å²) in [4.78, 5) is 5.91. The van der Waals surface area contributed by atoms with E-state index in [1.165, 1.54) is 6.07 Å². The van der Waals surface area contributed by atoms with Crippen molar-refractivity contribution in [1.29, 1.82) is 0 Å². The highest BCUT2D eigenvalue weighted by molar-refractivity contribution is 5.55. The zero-order chi connectivity index (χ0) is 14.5. The molecule has 20 heavy (non-hydrogen) atoms. The molecule has 2 aromatic rings. The first-order valence-electron chi connectivity index (χ1n) is 6.71. The van der Waals surface area contributed by atoms with E-state index in [0.717, 1.165) is 11.1 Å². The van der Waals surface area contributed by atoms with Crippen molar-refractivity contribution in [2.75, 3.05) is 11.9 Å². The summed E-state index contributed by atoms with van der Waals surface area (Å²) < 4.78 is 14.2. The van der Waals surface area contributed by atoms with Crippen molar-refractivity contribution in [3.63, 3.8) is 0 Å². The maximum atomic E-state index is 14.2. The minimum absolute atomic E-state index is 0.00451. The average molecular weight is 273 g/mol. The molecular formula is C16H20FN3. The van der Waals surface area contributed by atoms with Gasteiger partial charge in [0.15, 0.2) is 0 Å². The normalized spacial score (nSPS) is 12.2. The van der Waals surface area contributed by atoms with E-state index in [2.05, 4.69) is 4.98 Å². The molecule has 0 bridgehead atoms. The van der Waals surface area contributed by atoms with Gasteiger partial charge in [-0.15, -0.1) is 0 Å². The van der Waals surface area contributed by atoms with Crippen molar-refractivity contribution < 1.29 is 4.39 Å². The Hall–Kier alpha value is -1.94. The zero-order valence-corrected chi connectivity index (χ0v) is 11.9. The van der Waals surface area contributed by atoms with Crippen molar-refractivity contribution >= 4 is 5.69 Å². The molecule has 0 radical (unpaired) electrons. The summed E-state index contributed by atoms with van der Waals surface area (Å²) in [5.41, 5.74) is 8.51. The Morgan fingerprint density at radius 2 is 1.95 bits per heavy atom. The molecule has 4 heteroatoms. The largest absolute Gasteiger partial charge is 0.368 e. The highest BCUT2D eigenvalue weighted by Crippen LogP contribution is 2.25. The molecule has 2 rings (SSSR count). The smallest absolute Gasteiger partial charge is 0.146 e. The molecule has 1 unspecified atom stereocenters. The predicted octanol–water partition coefficient (Wildman–Crippen LogP) is 2.75. The number of pyridine rings is 1. The van der Waals surface area contributed by atoms with E-state index in [4.69, 9.17) is 5.73 Å². The molecule has 0 aliphatic heterocycles. The van der Waals surface area contributed by atoms with Crippen molar-refractivity contribution in [3.05, 3.63) is 59.7 Å². The summed E-state index contributed by atoms with van der Waals surface area (Å²) in [6.07, 6.45) is 4.15. The molecule has 0 amide bonds. The number of aromatic nitrogens is 1. The third kappa shape index (κ3) is 3.54. The van der Waals surface area contributed by atoms with E-state index in [9.17, 15) is 4.39 Å². The number of halogens is 1. The first kappa shape index (κ1) is 14.5. The molecule has 1 aromatic carbocycles. The first-order chi connectivity index (χ1) is 9.58. The standard InChI is InChI=1S/C16H20FN3/c1-12(18)10-14-4-3-5-15(17)16(14)20(2)11-13-6-8-19-9-7-13/h3-9,12H,10-11,18H2,1-2H3. The molecule has 3 nitrogen and oxygen atoms in total. The monoisotopic (exact) mass is 273 g/mol. The van der Waals surface area contributed by atoms with Crippen molar-refractivity contribution in [3.8, 4) is 0 Å². The second kappa shape index (κ2) is 6.48. The Kier molecular flexibility index (Phi) is 4.69. The van der Waals surface area contributed by atoms with E-state index in [1.54, 1.807) is 18.5 Å². The number of rotatable bonds is 5. The Morgan fingerprint density at radius 1 is 1.25 bits per heavy atom. The number of anilines is 1. The van der Waals surface area contributed by atoms with E-state index < -0.39 is 0 Å². The number of nitrogens with two attached hydrogens (primary N) is 1. The van der Waals surface area contributed by atoms with Crippen LogP contribution < -0.4 is 10.6 Å². The van der Waals surface area contributed by atoms with Gasteiger partial charge in [-0.2, -0.15) is 0 Å². The molecule has 106 valence electrons. The Labute approximate surface area is 119 Å².